The number of nitro groups is 1. The van der Waals surface area contributed by atoms with Crippen LogP contribution in [0.5, 0.6) is 11.5 Å². The molecule has 0 N–H and O–H groups in total. The molecular weight excluding hydrogens is 305 g/mol. The van der Waals surface area contributed by atoms with Crippen LogP contribution < -0.4 is 9.47 Å². The van der Waals surface area contributed by atoms with E-state index in [4.69, 9.17) is 9.47 Å². The van der Waals surface area contributed by atoms with Crippen LogP contribution in [0.1, 0.15) is 12.5 Å². The molecule has 0 bridgehead atoms. The van der Waals surface area contributed by atoms with Crippen LogP contribution in [0.4, 0.5) is 10.1 Å². The first-order chi connectivity index (χ1) is 10.9. The summed E-state index contributed by atoms with van der Waals surface area (Å²) in [5.74, 6) is -1.60. The Bertz CT molecular complexity index is 747. The van der Waals surface area contributed by atoms with Gasteiger partial charge in [-0.05, 0) is 37.6 Å². The van der Waals surface area contributed by atoms with Crippen molar-refractivity contribution in [1.29, 1.82) is 0 Å². The molecule has 0 radical (unpaired) electrons. The standard InChI is InChI=1S/C16H14FNO5/c1-10-4-3-5-13(8-10)22-11(2)16(19)23-15-9-12(17)6-7-14(15)18(20)21/h3-9,11H,1-2H3. The fraction of sp³-hybridized carbons (Fsp3) is 0.188. The van der Waals surface area contributed by atoms with Crippen molar-refractivity contribution in [3.63, 3.8) is 0 Å². The Labute approximate surface area is 131 Å². The maximum absolute atomic E-state index is 13.2. The lowest BCUT2D eigenvalue weighted by Gasteiger charge is -2.14. The van der Waals surface area contributed by atoms with E-state index in [0.717, 1.165) is 23.8 Å². The van der Waals surface area contributed by atoms with Gasteiger partial charge in [0.05, 0.1) is 4.92 Å². The van der Waals surface area contributed by atoms with Gasteiger partial charge in [-0.1, -0.05) is 12.1 Å². The predicted molar refractivity (Wildman–Crippen MR) is 80.0 cm³/mol. The highest BCUT2D eigenvalue weighted by Gasteiger charge is 2.23. The topological polar surface area (TPSA) is 78.7 Å². The highest BCUT2D eigenvalue weighted by Crippen LogP contribution is 2.28. The summed E-state index contributed by atoms with van der Waals surface area (Å²) >= 11 is 0. The van der Waals surface area contributed by atoms with E-state index in [2.05, 4.69) is 0 Å². The first-order valence-electron chi connectivity index (χ1n) is 6.76. The number of nitrogens with zero attached hydrogens (tertiary/aromatic N) is 1. The van der Waals surface area contributed by atoms with Crippen LogP contribution in [0, 0.1) is 22.9 Å². The maximum atomic E-state index is 13.2. The van der Waals surface area contributed by atoms with Crippen molar-refractivity contribution in [3.05, 3.63) is 64.0 Å². The Morgan fingerprint density at radius 3 is 2.65 bits per heavy atom. The van der Waals surface area contributed by atoms with E-state index in [-0.39, 0.29) is 0 Å². The molecule has 0 fully saturated rings. The van der Waals surface area contributed by atoms with Crippen molar-refractivity contribution < 1.29 is 23.6 Å². The highest BCUT2D eigenvalue weighted by atomic mass is 19.1. The van der Waals surface area contributed by atoms with E-state index in [1.54, 1.807) is 18.2 Å². The van der Waals surface area contributed by atoms with Gasteiger partial charge in [-0.2, -0.15) is 0 Å². The quantitative estimate of drug-likeness (QED) is 0.365. The van der Waals surface area contributed by atoms with Gasteiger partial charge >= 0.3 is 11.7 Å². The largest absolute Gasteiger partial charge is 0.479 e. The normalized spacial score (nSPS) is 11.6. The molecule has 0 aliphatic heterocycles. The van der Waals surface area contributed by atoms with Gasteiger partial charge in [-0.15, -0.1) is 0 Å². The summed E-state index contributed by atoms with van der Waals surface area (Å²) in [4.78, 5) is 22.1. The Hall–Kier alpha value is -2.96. The van der Waals surface area contributed by atoms with Crippen LogP contribution >= 0.6 is 0 Å². The Morgan fingerprint density at radius 2 is 2.00 bits per heavy atom. The molecule has 0 saturated carbocycles. The minimum absolute atomic E-state index is 0.459. The molecule has 120 valence electrons. The molecule has 0 aliphatic rings. The van der Waals surface area contributed by atoms with E-state index < -0.39 is 34.3 Å². The van der Waals surface area contributed by atoms with Crippen LogP contribution in [0.15, 0.2) is 42.5 Å². The first kappa shape index (κ1) is 16.4. The van der Waals surface area contributed by atoms with E-state index in [0.29, 0.717) is 5.75 Å². The molecule has 0 spiro atoms. The molecule has 2 aromatic carbocycles. The fourth-order valence-corrected chi connectivity index (χ4v) is 1.85. The maximum Gasteiger partial charge on any atom is 0.352 e. The third-order valence-electron chi connectivity index (χ3n) is 2.96. The van der Waals surface area contributed by atoms with Gasteiger partial charge in [0.15, 0.2) is 6.10 Å². The van der Waals surface area contributed by atoms with Gasteiger partial charge in [0.1, 0.15) is 11.6 Å². The minimum Gasteiger partial charge on any atom is -0.479 e. The number of halogens is 1. The molecule has 0 aromatic heterocycles. The number of ether oxygens (including phenoxy) is 2. The van der Waals surface area contributed by atoms with Gasteiger partial charge in [0.25, 0.3) is 0 Å². The smallest absolute Gasteiger partial charge is 0.352 e. The third kappa shape index (κ3) is 4.26. The second-order valence-corrected chi connectivity index (χ2v) is 4.87. The van der Waals surface area contributed by atoms with Crippen LogP contribution in [0.25, 0.3) is 0 Å². The van der Waals surface area contributed by atoms with Crippen molar-refractivity contribution >= 4 is 11.7 Å². The zero-order valence-corrected chi connectivity index (χ0v) is 12.5. The van der Waals surface area contributed by atoms with Gasteiger partial charge in [-0.3, -0.25) is 10.1 Å². The fourth-order valence-electron chi connectivity index (χ4n) is 1.85. The van der Waals surface area contributed by atoms with Crippen molar-refractivity contribution in [2.75, 3.05) is 0 Å². The van der Waals surface area contributed by atoms with Crippen molar-refractivity contribution in [2.24, 2.45) is 0 Å². The second-order valence-electron chi connectivity index (χ2n) is 4.87. The summed E-state index contributed by atoms with van der Waals surface area (Å²) in [6.45, 7) is 3.31. The molecule has 6 nitrogen and oxygen atoms in total. The second kappa shape index (κ2) is 6.87. The molecule has 1 atom stereocenters. The van der Waals surface area contributed by atoms with Crippen LogP contribution in [0.2, 0.25) is 0 Å². The molecule has 0 saturated heterocycles. The molecule has 0 amide bonds. The molecular formula is C16H14FNO5. The minimum atomic E-state index is -1.01. The number of hydrogen-bond acceptors (Lipinski definition) is 5. The van der Waals surface area contributed by atoms with E-state index >= 15 is 0 Å². The van der Waals surface area contributed by atoms with Gasteiger partial charge in [0, 0.05) is 12.1 Å². The SMILES string of the molecule is Cc1cccc(OC(C)C(=O)Oc2cc(F)ccc2[N+](=O)[O-])c1. The molecule has 7 heteroatoms. The lowest BCUT2D eigenvalue weighted by Crippen LogP contribution is -2.28. The number of hydrogen-bond donors (Lipinski definition) is 0. The number of carbonyl (C=O) groups is 1. The number of nitro benzene ring substituents is 1. The van der Waals surface area contributed by atoms with Crippen LogP contribution in [0.3, 0.4) is 0 Å². The summed E-state index contributed by atoms with van der Waals surface area (Å²) in [6, 6.07) is 9.67. The molecule has 2 rings (SSSR count). The third-order valence-corrected chi connectivity index (χ3v) is 2.96. The van der Waals surface area contributed by atoms with Gasteiger partial charge in [0.2, 0.25) is 5.75 Å². The average molecular weight is 319 g/mol. The number of esters is 1. The summed E-state index contributed by atoms with van der Waals surface area (Å²) < 4.78 is 23.5. The zero-order chi connectivity index (χ0) is 17.0. The molecule has 2 aromatic rings. The summed E-state index contributed by atoms with van der Waals surface area (Å²) in [6.07, 6.45) is -1.01. The summed E-state index contributed by atoms with van der Waals surface area (Å²) in [5, 5.41) is 10.9. The number of carbonyl (C=O) groups excluding carboxylic acids is 1. The van der Waals surface area contributed by atoms with Crippen molar-refractivity contribution in [3.8, 4) is 11.5 Å². The highest BCUT2D eigenvalue weighted by molar-refractivity contribution is 5.78. The number of aryl methyl sites for hydroxylation is 1. The van der Waals surface area contributed by atoms with E-state index in [1.807, 2.05) is 13.0 Å². The molecule has 1 unspecified atom stereocenters. The Kier molecular flexibility index (Phi) is 4.90. The van der Waals surface area contributed by atoms with Crippen molar-refractivity contribution in [1.82, 2.24) is 0 Å². The lowest BCUT2D eigenvalue weighted by atomic mass is 10.2. The first-order valence-corrected chi connectivity index (χ1v) is 6.76. The molecule has 0 aliphatic carbocycles. The molecule has 0 heterocycles. The van der Waals surface area contributed by atoms with Crippen LogP contribution in [-0.2, 0) is 4.79 Å². The van der Waals surface area contributed by atoms with Gasteiger partial charge in [-0.25, -0.2) is 9.18 Å². The summed E-state index contributed by atoms with van der Waals surface area (Å²) in [7, 11) is 0. The Balaban J connectivity index is 2.12. The number of rotatable bonds is 5. The zero-order valence-electron chi connectivity index (χ0n) is 12.5. The number of benzene rings is 2. The van der Waals surface area contributed by atoms with Gasteiger partial charge < -0.3 is 9.47 Å². The van der Waals surface area contributed by atoms with E-state index in [1.165, 1.54) is 6.92 Å². The lowest BCUT2D eigenvalue weighted by molar-refractivity contribution is -0.385. The predicted octanol–water partition coefficient (Wildman–Crippen LogP) is 3.42. The van der Waals surface area contributed by atoms with E-state index in [9.17, 15) is 19.3 Å². The summed E-state index contributed by atoms with van der Waals surface area (Å²) in [5.41, 5.74) is 0.450. The van der Waals surface area contributed by atoms with Crippen LogP contribution in [-0.4, -0.2) is 17.0 Å². The van der Waals surface area contributed by atoms with Crippen molar-refractivity contribution in [2.45, 2.75) is 20.0 Å². The average Bonchev–Trinajstić information content (AvgIpc) is 2.46. The molecule has 23 heavy (non-hydrogen) atoms. The Morgan fingerprint density at radius 1 is 1.26 bits per heavy atom. The monoisotopic (exact) mass is 319 g/mol.